The van der Waals surface area contributed by atoms with Gasteiger partial charge in [-0.2, -0.15) is 0 Å². The predicted molar refractivity (Wildman–Crippen MR) is 311 cm³/mol. The largest absolute Gasteiger partial charge is 0.462 e. The summed E-state index contributed by atoms with van der Waals surface area (Å²) in [5, 5.41) is 0. The van der Waals surface area contributed by atoms with Crippen molar-refractivity contribution in [3.05, 3.63) is 134 Å². The van der Waals surface area contributed by atoms with E-state index in [0.29, 0.717) is 19.3 Å². The van der Waals surface area contributed by atoms with Crippen molar-refractivity contribution in [2.24, 2.45) is 0 Å². The summed E-state index contributed by atoms with van der Waals surface area (Å²) < 4.78 is 16.8. The van der Waals surface area contributed by atoms with Gasteiger partial charge in [-0.05, 0) is 128 Å². The molecule has 0 saturated heterocycles. The fourth-order valence-electron chi connectivity index (χ4n) is 7.56. The van der Waals surface area contributed by atoms with Crippen molar-refractivity contribution >= 4 is 17.9 Å². The predicted octanol–water partition coefficient (Wildman–Crippen LogP) is 19.8. The third-order valence-electron chi connectivity index (χ3n) is 11.9. The van der Waals surface area contributed by atoms with Gasteiger partial charge in [-0.15, -0.1) is 0 Å². The van der Waals surface area contributed by atoms with Crippen LogP contribution in [0.2, 0.25) is 0 Å². The van der Waals surface area contributed by atoms with E-state index in [2.05, 4.69) is 154 Å². The van der Waals surface area contributed by atoms with E-state index in [0.717, 1.165) is 128 Å². The van der Waals surface area contributed by atoms with Gasteiger partial charge in [0.25, 0.3) is 0 Å². The maximum absolute atomic E-state index is 12.9. The molecule has 0 saturated carbocycles. The summed E-state index contributed by atoms with van der Waals surface area (Å²) in [4.78, 5) is 38.2. The highest BCUT2D eigenvalue weighted by Gasteiger charge is 2.19. The Bertz CT molecular complexity index is 1560. The zero-order chi connectivity index (χ0) is 52.2. The molecule has 0 aromatic heterocycles. The first kappa shape index (κ1) is 67.5. The lowest BCUT2D eigenvalue weighted by atomic mass is 10.1. The van der Waals surface area contributed by atoms with E-state index in [4.69, 9.17) is 14.2 Å². The van der Waals surface area contributed by atoms with Crippen LogP contribution in [-0.2, 0) is 28.6 Å². The standard InChI is InChI=1S/C66H106O6/c1-4-7-10-13-16-19-22-25-28-31-33-36-38-41-44-47-50-53-56-59-65(68)71-62-63(61-70-64(67)58-55-52-49-46-43-40-37-34-30-27-24-21-18-15-12-9-6-3)72-66(69)60-57-54-51-48-45-42-39-35-32-29-26-23-20-17-14-11-8-5-2/h7,9-10,12,16,18-21,23,25,27-30,32-33,36-37,40,46,49,63H,4-6,8,11,13-15,17,22,24,26,31,34-35,38-39,41-45,47-48,50-62H2,1-3H3/b10-7-,12-9-,19-16-,21-18-,23-20-,28-25-,30-27-,32-29-,36-33-,40-37-,49-46-. The Labute approximate surface area is 443 Å². The summed E-state index contributed by atoms with van der Waals surface area (Å²) in [5.41, 5.74) is 0. The molecule has 0 rings (SSSR count). The van der Waals surface area contributed by atoms with E-state index in [1.807, 2.05) is 0 Å². The number of carbonyl (C=O) groups excluding carboxylic acids is 3. The summed E-state index contributed by atoms with van der Waals surface area (Å²) >= 11 is 0. The third-order valence-corrected chi connectivity index (χ3v) is 11.9. The molecule has 0 heterocycles. The van der Waals surface area contributed by atoms with Gasteiger partial charge in [0.2, 0.25) is 0 Å². The molecule has 6 heteroatoms. The van der Waals surface area contributed by atoms with Crippen LogP contribution in [0.3, 0.4) is 0 Å². The number of allylic oxidation sites excluding steroid dienone is 22. The zero-order valence-electron chi connectivity index (χ0n) is 46.4. The first-order valence-corrected chi connectivity index (χ1v) is 29.2. The molecule has 0 radical (unpaired) electrons. The lowest BCUT2D eigenvalue weighted by Crippen LogP contribution is -2.30. The molecule has 0 fully saturated rings. The van der Waals surface area contributed by atoms with Crippen molar-refractivity contribution in [1.29, 1.82) is 0 Å². The molecule has 1 unspecified atom stereocenters. The first-order chi connectivity index (χ1) is 35.5. The number of esters is 3. The minimum absolute atomic E-state index is 0.111. The topological polar surface area (TPSA) is 78.9 Å². The van der Waals surface area contributed by atoms with Crippen LogP contribution in [0.15, 0.2) is 134 Å². The second kappa shape index (κ2) is 59.1. The van der Waals surface area contributed by atoms with Crippen LogP contribution in [0.5, 0.6) is 0 Å². The van der Waals surface area contributed by atoms with E-state index in [1.165, 1.54) is 70.6 Å². The van der Waals surface area contributed by atoms with Crippen molar-refractivity contribution < 1.29 is 28.6 Å². The lowest BCUT2D eigenvalue weighted by Gasteiger charge is -2.18. The van der Waals surface area contributed by atoms with Crippen LogP contribution in [0.4, 0.5) is 0 Å². The van der Waals surface area contributed by atoms with Crippen molar-refractivity contribution in [2.75, 3.05) is 13.2 Å². The minimum atomic E-state index is -0.817. The van der Waals surface area contributed by atoms with Crippen LogP contribution in [0.1, 0.15) is 245 Å². The number of hydrogen-bond donors (Lipinski definition) is 0. The summed E-state index contributed by atoms with van der Waals surface area (Å²) in [6, 6.07) is 0. The van der Waals surface area contributed by atoms with Crippen LogP contribution in [0, 0.1) is 0 Å². The molecule has 0 spiro atoms. The third kappa shape index (κ3) is 56.5. The van der Waals surface area contributed by atoms with Crippen LogP contribution in [0.25, 0.3) is 0 Å². The van der Waals surface area contributed by atoms with Gasteiger partial charge < -0.3 is 14.2 Å². The van der Waals surface area contributed by atoms with E-state index >= 15 is 0 Å². The average molecular weight is 996 g/mol. The van der Waals surface area contributed by atoms with Gasteiger partial charge in [0.15, 0.2) is 6.10 Å². The molecule has 406 valence electrons. The number of rotatable bonds is 51. The highest BCUT2D eigenvalue weighted by atomic mass is 16.6. The molecule has 0 aliphatic heterocycles. The van der Waals surface area contributed by atoms with Crippen LogP contribution >= 0.6 is 0 Å². The van der Waals surface area contributed by atoms with Gasteiger partial charge in [-0.1, -0.05) is 231 Å². The fraction of sp³-hybridized carbons (Fsp3) is 0.621. The summed E-state index contributed by atoms with van der Waals surface area (Å²) in [5.74, 6) is -0.995. The van der Waals surface area contributed by atoms with Crippen molar-refractivity contribution in [3.63, 3.8) is 0 Å². The van der Waals surface area contributed by atoms with Crippen molar-refractivity contribution in [1.82, 2.24) is 0 Å². The van der Waals surface area contributed by atoms with Gasteiger partial charge in [-0.25, -0.2) is 0 Å². The molecule has 6 nitrogen and oxygen atoms in total. The van der Waals surface area contributed by atoms with Gasteiger partial charge in [0, 0.05) is 19.3 Å². The fourth-order valence-corrected chi connectivity index (χ4v) is 7.56. The Kier molecular flexibility index (Phi) is 55.5. The number of hydrogen-bond acceptors (Lipinski definition) is 6. The number of ether oxygens (including phenoxy) is 3. The number of carbonyl (C=O) groups is 3. The summed E-state index contributed by atoms with van der Waals surface area (Å²) in [6.07, 6.45) is 83.0. The molecular weight excluding hydrogens is 889 g/mol. The monoisotopic (exact) mass is 995 g/mol. The van der Waals surface area contributed by atoms with Gasteiger partial charge >= 0.3 is 17.9 Å². The quantitative estimate of drug-likeness (QED) is 0.0261. The van der Waals surface area contributed by atoms with Gasteiger partial charge in [-0.3, -0.25) is 14.4 Å². The average Bonchev–Trinajstić information content (AvgIpc) is 3.38. The highest BCUT2D eigenvalue weighted by molar-refractivity contribution is 5.71. The SMILES string of the molecule is CC/C=C\C/C=C\C/C=C\C/C=C\C/C=C\CCCC(=O)OCC(COC(=O)CCCCCCCC/C=C\C/C=C\C/C=C\C/C=C\CC)OC(=O)CCCCCCCCC/C=C\C/C=C\CCCCCC. The molecule has 0 aromatic carbocycles. The molecule has 0 bridgehead atoms. The van der Waals surface area contributed by atoms with E-state index in [1.54, 1.807) is 0 Å². The summed E-state index contributed by atoms with van der Waals surface area (Å²) in [6.45, 7) is 6.33. The van der Waals surface area contributed by atoms with Crippen LogP contribution < -0.4 is 0 Å². The molecule has 0 aliphatic rings. The molecule has 0 N–H and O–H groups in total. The van der Waals surface area contributed by atoms with E-state index in [-0.39, 0.29) is 37.5 Å². The maximum Gasteiger partial charge on any atom is 0.306 e. The Balaban J connectivity index is 4.53. The van der Waals surface area contributed by atoms with E-state index in [9.17, 15) is 14.4 Å². The van der Waals surface area contributed by atoms with Crippen LogP contribution in [-0.4, -0.2) is 37.2 Å². The molecule has 0 aromatic rings. The molecule has 0 amide bonds. The highest BCUT2D eigenvalue weighted by Crippen LogP contribution is 2.14. The van der Waals surface area contributed by atoms with Crippen molar-refractivity contribution in [2.45, 2.75) is 252 Å². The Morgan fingerprint density at radius 1 is 0.292 bits per heavy atom. The Morgan fingerprint density at radius 3 is 0.903 bits per heavy atom. The van der Waals surface area contributed by atoms with Gasteiger partial charge in [0.1, 0.15) is 13.2 Å². The van der Waals surface area contributed by atoms with Crippen molar-refractivity contribution in [3.8, 4) is 0 Å². The second-order valence-corrected chi connectivity index (χ2v) is 18.8. The minimum Gasteiger partial charge on any atom is -0.462 e. The summed E-state index contributed by atoms with van der Waals surface area (Å²) in [7, 11) is 0. The number of unbranched alkanes of at least 4 members (excludes halogenated alkanes) is 18. The molecule has 0 aliphatic carbocycles. The smallest absolute Gasteiger partial charge is 0.306 e. The Hall–Kier alpha value is -4.45. The lowest BCUT2D eigenvalue weighted by molar-refractivity contribution is -0.167. The normalized spacial score (nSPS) is 13.1. The molecule has 72 heavy (non-hydrogen) atoms. The second-order valence-electron chi connectivity index (χ2n) is 18.8. The molecular formula is C66H106O6. The maximum atomic E-state index is 12.9. The van der Waals surface area contributed by atoms with E-state index < -0.39 is 6.10 Å². The first-order valence-electron chi connectivity index (χ1n) is 29.2. The van der Waals surface area contributed by atoms with Gasteiger partial charge in [0.05, 0.1) is 0 Å². The Morgan fingerprint density at radius 2 is 0.556 bits per heavy atom. The molecule has 1 atom stereocenters. The zero-order valence-corrected chi connectivity index (χ0v) is 46.4.